The summed E-state index contributed by atoms with van der Waals surface area (Å²) < 4.78 is 1.49. The van der Waals surface area contributed by atoms with Gasteiger partial charge < -0.3 is 5.32 Å². The summed E-state index contributed by atoms with van der Waals surface area (Å²) in [5.74, 6) is 0.926. The number of thiophene rings is 1. The number of hydrogen-bond acceptors (Lipinski definition) is 5. The van der Waals surface area contributed by atoms with Crippen molar-refractivity contribution in [2.45, 2.75) is 6.42 Å². The second-order valence-electron chi connectivity index (χ2n) is 6.87. The molecular weight excluding hydrogens is 422 g/mol. The SMILES string of the molecule is O=C1NCCCN1c1ccc(-c2nc3cscc3c(=O)n2-c2ccc(Cl)cn2)cc1. The Morgan fingerprint density at radius 3 is 2.63 bits per heavy atom. The molecule has 2 amide bonds. The van der Waals surface area contributed by atoms with Gasteiger partial charge >= 0.3 is 6.03 Å². The Morgan fingerprint density at radius 1 is 1.07 bits per heavy atom. The van der Waals surface area contributed by atoms with E-state index >= 15 is 0 Å². The number of carbonyl (C=O) groups is 1. The van der Waals surface area contributed by atoms with Gasteiger partial charge in [0, 0.05) is 41.3 Å². The zero-order chi connectivity index (χ0) is 20.7. The van der Waals surface area contributed by atoms with Gasteiger partial charge in [-0.05, 0) is 42.8 Å². The van der Waals surface area contributed by atoms with Gasteiger partial charge in [-0.3, -0.25) is 9.69 Å². The summed E-state index contributed by atoms with van der Waals surface area (Å²) in [6, 6.07) is 10.7. The Morgan fingerprint density at radius 2 is 1.90 bits per heavy atom. The predicted octanol–water partition coefficient (Wildman–Crippen LogP) is 4.08. The van der Waals surface area contributed by atoms with E-state index in [1.807, 2.05) is 29.6 Å². The van der Waals surface area contributed by atoms with E-state index in [0.29, 0.717) is 40.7 Å². The van der Waals surface area contributed by atoms with Crippen LogP contribution < -0.4 is 15.8 Å². The number of carbonyl (C=O) groups excluding carboxylic acids is 1. The van der Waals surface area contributed by atoms with Gasteiger partial charge in [-0.2, -0.15) is 0 Å². The molecule has 30 heavy (non-hydrogen) atoms. The van der Waals surface area contributed by atoms with Crippen molar-refractivity contribution in [3.8, 4) is 17.2 Å². The summed E-state index contributed by atoms with van der Waals surface area (Å²) in [5, 5.41) is 7.52. The summed E-state index contributed by atoms with van der Waals surface area (Å²) in [6.45, 7) is 1.36. The third-order valence-electron chi connectivity index (χ3n) is 4.97. The Balaban J connectivity index is 1.64. The first-order chi connectivity index (χ1) is 14.6. The fourth-order valence-electron chi connectivity index (χ4n) is 3.49. The van der Waals surface area contributed by atoms with Crippen LogP contribution >= 0.6 is 22.9 Å². The highest BCUT2D eigenvalue weighted by Crippen LogP contribution is 2.26. The number of urea groups is 1. The number of nitrogens with zero attached hydrogens (tertiary/aromatic N) is 4. The van der Waals surface area contributed by atoms with Gasteiger partial charge in [0.15, 0.2) is 0 Å². The topological polar surface area (TPSA) is 80.1 Å². The third kappa shape index (κ3) is 3.24. The lowest BCUT2D eigenvalue weighted by molar-refractivity contribution is 0.243. The van der Waals surface area contributed by atoms with Gasteiger partial charge in [0.25, 0.3) is 5.56 Å². The lowest BCUT2D eigenvalue weighted by Gasteiger charge is -2.27. The molecule has 150 valence electrons. The summed E-state index contributed by atoms with van der Waals surface area (Å²) in [5.41, 5.74) is 2.00. The summed E-state index contributed by atoms with van der Waals surface area (Å²) in [6.07, 6.45) is 2.40. The number of fused-ring (bicyclic) bond motifs is 1. The molecule has 1 aliphatic rings. The molecule has 9 heteroatoms. The number of hydrogen-bond donors (Lipinski definition) is 1. The zero-order valence-corrected chi connectivity index (χ0v) is 17.3. The molecule has 1 fully saturated rings. The van der Waals surface area contributed by atoms with Crippen LogP contribution in [0.1, 0.15) is 6.42 Å². The molecular formula is C21H16ClN5O2S. The van der Waals surface area contributed by atoms with Gasteiger partial charge in [0.1, 0.15) is 11.6 Å². The summed E-state index contributed by atoms with van der Waals surface area (Å²) in [4.78, 5) is 36.1. The summed E-state index contributed by atoms with van der Waals surface area (Å²) in [7, 11) is 0. The molecule has 0 spiro atoms. The van der Waals surface area contributed by atoms with Crippen LogP contribution in [0.25, 0.3) is 28.1 Å². The summed E-state index contributed by atoms with van der Waals surface area (Å²) >= 11 is 7.41. The number of halogens is 1. The van der Waals surface area contributed by atoms with Gasteiger partial charge in [-0.15, -0.1) is 11.3 Å². The lowest BCUT2D eigenvalue weighted by Crippen LogP contribution is -2.46. The first kappa shape index (κ1) is 18.8. The van der Waals surface area contributed by atoms with E-state index < -0.39 is 0 Å². The molecule has 5 rings (SSSR count). The number of rotatable bonds is 3. The fraction of sp³-hybridized carbons (Fsp3) is 0.143. The number of pyridine rings is 1. The largest absolute Gasteiger partial charge is 0.338 e. The maximum atomic E-state index is 13.2. The normalized spacial score (nSPS) is 14.2. The highest BCUT2D eigenvalue weighted by Gasteiger charge is 2.20. The van der Waals surface area contributed by atoms with Crippen molar-refractivity contribution in [1.29, 1.82) is 0 Å². The number of benzene rings is 1. The molecule has 0 aliphatic carbocycles. The van der Waals surface area contributed by atoms with E-state index in [0.717, 1.165) is 17.7 Å². The molecule has 4 aromatic rings. The van der Waals surface area contributed by atoms with Crippen molar-refractivity contribution < 1.29 is 4.79 Å². The van der Waals surface area contributed by atoms with Crippen molar-refractivity contribution >= 4 is 45.6 Å². The van der Waals surface area contributed by atoms with Crippen LogP contribution in [0.3, 0.4) is 0 Å². The lowest BCUT2D eigenvalue weighted by atomic mass is 10.1. The maximum Gasteiger partial charge on any atom is 0.321 e. The second-order valence-corrected chi connectivity index (χ2v) is 8.05. The molecule has 1 N–H and O–H groups in total. The van der Waals surface area contributed by atoms with Crippen molar-refractivity contribution in [2.24, 2.45) is 0 Å². The number of aromatic nitrogens is 3. The molecule has 3 aromatic heterocycles. The van der Waals surface area contributed by atoms with Crippen molar-refractivity contribution in [3.63, 3.8) is 0 Å². The van der Waals surface area contributed by atoms with Crippen LogP contribution in [0.15, 0.2) is 58.1 Å². The third-order valence-corrected chi connectivity index (χ3v) is 5.93. The monoisotopic (exact) mass is 437 g/mol. The Kier molecular flexibility index (Phi) is 4.72. The van der Waals surface area contributed by atoms with E-state index in [4.69, 9.17) is 16.6 Å². The van der Waals surface area contributed by atoms with Gasteiger partial charge in [0.05, 0.1) is 15.9 Å². The molecule has 0 radical (unpaired) electrons. The zero-order valence-electron chi connectivity index (χ0n) is 15.7. The maximum absolute atomic E-state index is 13.2. The van der Waals surface area contributed by atoms with Gasteiger partial charge in [0.2, 0.25) is 0 Å². The van der Waals surface area contributed by atoms with E-state index in [-0.39, 0.29) is 11.6 Å². The Hall–Kier alpha value is -3.23. The molecule has 1 saturated heterocycles. The fourth-order valence-corrected chi connectivity index (χ4v) is 4.34. The molecule has 1 aromatic carbocycles. The smallest absolute Gasteiger partial charge is 0.321 e. The van der Waals surface area contributed by atoms with Gasteiger partial charge in [-0.1, -0.05) is 11.6 Å². The van der Waals surface area contributed by atoms with Crippen LogP contribution in [0, 0.1) is 0 Å². The van der Waals surface area contributed by atoms with Crippen LogP contribution in [0.5, 0.6) is 0 Å². The average Bonchev–Trinajstić information content (AvgIpc) is 3.24. The van der Waals surface area contributed by atoms with E-state index in [9.17, 15) is 9.59 Å². The molecule has 4 heterocycles. The van der Waals surface area contributed by atoms with Crippen LogP contribution in [-0.4, -0.2) is 33.7 Å². The minimum absolute atomic E-state index is 0.103. The predicted molar refractivity (Wildman–Crippen MR) is 119 cm³/mol. The van der Waals surface area contributed by atoms with Crippen molar-refractivity contribution in [2.75, 3.05) is 18.0 Å². The van der Waals surface area contributed by atoms with Crippen molar-refractivity contribution in [3.05, 3.63) is 68.7 Å². The van der Waals surface area contributed by atoms with Crippen molar-refractivity contribution in [1.82, 2.24) is 19.9 Å². The second kappa shape index (κ2) is 7.55. The molecule has 0 bridgehead atoms. The first-order valence-electron chi connectivity index (χ1n) is 9.38. The quantitative estimate of drug-likeness (QED) is 0.523. The number of anilines is 1. The number of amides is 2. The minimum Gasteiger partial charge on any atom is -0.338 e. The Labute approximate surface area is 180 Å². The highest BCUT2D eigenvalue weighted by molar-refractivity contribution is 7.09. The van der Waals surface area contributed by atoms with Gasteiger partial charge in [-0.25, -0.2) is 19.3 Å². The molecule has 1 aliphatic heterocycles. The van der Waals surface area contributed by atoms with Crippen LogP contribution in [0.2, 0.25) is 5.02 Å². The van der Waals surface area contributed by atoms with Crippen LogP contribution in [0.4, 0.5) is 10.5 Å². The van der Waals surface area contributed by atoms with E-state index in [1.54, 1.807) is 22.4 Å². The average molecular weight is 438 g/mol. The molecule has 0 atom stereocenters. The minimum atomic E-state index is -0.189. The Bertz CT molecular complexity index is 1300. The molecule has 0 saturated carbocycles. The highest BCUT2D eigenvalue weighted by atomic mass is 35.5. The van der Waals surface area contributed by atoms with Crippen LogP contribution in [-0.2, 0) is 0 Å². The van der Waals surface area contributed by atoms with E-state index in [1.165, 1.54) is 22.1 Å². The standard InChI is InChI=1S/C21H16ClN5O2S/c22-14-4-7-18(24-10-14)27-19(25-17-12-30-11-16(17)20(27)28)13-2-5-15(6-3-13)26-9-1-8-23-21(26)29/h2-7,10-12H,1,8-9H2,(H,23,29). The first-order valence-corrected chi connectivity index (χ1v) is 10.7. The molecule has 7 nitrogen and oxygen atoms in total. The number of nitrogens with one attached hydrogen (secondary N) is 1. The molecule has 0 unspecified atom stereocenters. The van der Waals surface area contributed by atoms with E-state index in [2.05, 4.69) is 10.3 Å².